The minimum Gasteiger partial charge on any atom is -0.410 e. The largest absolute Gasteiger partial charge is 0.416 e. The number of rotatable bonds is 0. The summed E-state index contributed by atoms with van der Waals surface area (Å²) in [6.45, 7) is 0. The summed E-state index contributed by atoms with van der Waals surface area (Å²) < 4.78 is 37.6. The van der Waals surface area contributed by atoms with E-state index in [0.717, 1.165) is 6.07 Å². The number of halogens is 3. The van der Waals surface area contributed by atoms with Gasteiger partial charge in [-0.05, 0) is 18.2 Å². The average Bonchev–Trinajstić information content (AvgIpc) is 2.45. The van der Waals surface area contributed by atoms with Crippen molar-refractivity contribution in [3.63, 3.8) is 0 Å². The average molecular weight is 286 g/mol. The molecule has 1 aliphatic rings. The van der Waals surface area contributed by atoms with Crippen molar-refractivity contribution in [3.8, 4) is 0 Å². The van der Waals surface area contributed by atoms with Crippen molar-refractivity contribution < 1.29 is 32.8 Å². The second-order valence-corrected chi connectivity index (χ2v) is 3.82. The van der Waals surface area contributed by atoms with E-state index in [1.165, 1.54) is 0 Å². The minimum atomic E-state index is -4.67. The number of hydrogen-bond acceptors (Lipinski definition) is 5. The standard InChI is InChI=1S/C11H5F3N2O4/c12-11(13,14)4-1-2-5-6(3-4)15-10(19)9(18)7(16-20)8(5)17/h1-3,20H,(H,15,19). The highest BCUT2D eigenvalue weighted by atomic mass is 19.4. The van der Waals surface area contributed by atoms with Crippen LogP contribution in [0.2, 0.25) is 0 Å². The van der Waals surface area contributed by atoms with E-state index in [9.17, 15) is 27.6 Å². The first kappa shape index (κ1) is 13.7. The molecule has 0 spiro atoms. The number of carbonyl (C=O) groups excluding carboxylic acids is 3. The molecule has 0 aromatic heterocycles. The molecule has 0 aliphatic carbocycles. The summed E-state index contributed by atoms with van der Waals surface area (Å²) >= 11 is 0. The Morgan fingerprint density at radius 2 is 1.75 bits per heavy atom. The highest BCUT2D eigenvalue weighted by Crippen LogP contribution is 2.33. The molecular formula is C11H5F3N2O4. The van der Waals surface area contributed by atoms with E-state index in [4.69, 9.17) is 5.21 Å². The fourth-order valence-electron chi connectivity index (χ4n) is 1.63. The van der Waals surface area contributed by atoms with Crippen molar-refractivity contribution in [1.82, 2.24) is 0 Å². The fraction of sp³-hybridized carbons (Fsp3) is 0.0909. The molecule has 20 heavy (non-hydrogen) atoms. The van der Waals surface area contributed by atoms with Crippen LogP contribution in [-0.2, 0) is 15.8 Å². The Balaban J connectivity index is 2.63. The summed E-state index contributed by atoms with van der Waals surface area (Å²) in [4.78, 5) is 34.6. The van der Waals surface area contributed by atoms with Gasteiger partial charge in [0.05, 0.1) is 11.3 Å². The Labute approximate surface area is 108 Å². The van der Waals surface area contributed by atoms with Crippen molar-refractivity contribution >= 4 is 28.9 Å². The maximum Gasteiger partial charge on any atom is 0.416 e. The van der Waals surface area contributed by atoms with E-state index in [-0.39, 0.29) is 5.56 Å². The second kappa shape index (κ2) is 4.44. The molecule has 1 aliphatic heterocycles. The number of anilines is 1. The van der Waals surface area contributed by atoms with Gasteiger partial charge < -0.3 is 10.5 Å². The Kier molecular flexibility index (Phi) is 3.04. The Hall–Kier alpha value is -2.71. The number of oxime groups is 1. The molecule has 2 N–H and O–H groups in total. The van der Waals surface area contributed by atoms with Crippen molar-refractivity contribution in [1.29, 1.82) is 0 Å². The zero-order valence-corrected chi connectivity index (χ0v) is 9.49. The van der Waals surface area contributed by atoms with Gasteiger partial charge >= 0.3 is 6.18 Å². The molecule has 104 valence electrons. The van der Waals surface area contributed by atoms with Gasteiger partial charge in [0.2, 0.25) is 11.5 Å². The van der Waals surface area contributed by atoms with Crippen molar-refractivity contribution in [2.45, 2.75) is 6.18 Å². The SMILES string of the molecule is O=C1Nc2cc(C(F)(F)F)ccc2C(=O)C(=NO)C1=O. The lowest BCUT2D eigenvalue weighted by Gasteiger charge is -2.10. The van der Waals surface area contributed by atoms with Gasteiger partial charge in [-0.3, -0.25) is 14.4 Å². The number of nitrogens with one attached hydrogen (secondary N) is 1. The first-order chi connectivity index (χ1) is 9.25. The van der Waals surface area contributed by atoms with E-state index < -0.39 is 40.6 Å². The zero-order valence-electron chi connectivity index (χ0n) is 9.49. The normalized spacial score (nSPS) is 17.8. The van der Waals surface area contributed by atoms with Crippen LogP contribution in [0.1, 0.15) is 15.9 Å². The monoisotopic (exact) mass is 286 g/mol. The molecule has 0 atom stereocenters. The van der Waals surface area contributed by atoms with Gasteiger partial charge in [-0.2, -0.15) is 13.2 Å². The number of alkyl halides is 3. The Morgan fingerprint density at radius 1 is 1.10 bits per heavy atom. The van der Waals surface area contributed by atoms with E-state index in [2.05, 4.69) is 5.16 Å². The zero-order chi connectivity index (χ0) is 15.1. The van der Waals surface area contributed by atoms with Gasteiger partial charge in [0.15, 0.2) is 0 Å². The number of hydrogen-bond donors (Lipinski definition) is 2. The van der Waals surface area contributed by atoms with Gasteiger partial charge in [0.25, 0.3) is 11.7 Å². The van der Waals surface area contributed by atoms with Crippen LogP contribution in [0.5, 0.6) is 0 Å². The number of nitrogens with zero attached hydrogens (tertiary/aromatic N) is 1. The fourth-order valence-corrected chi connectivity index (χ4v) is 1.63. The molecule has 0 fully saturated rings. The summed E-state index contributed by atoms with van der Waals surface area (Å²) in [5.74, 6) is -3.92. The number of carbonyl (C=O) groups is 3. The topological polar surface area (TPSA) is 95.8 Å². The molecule has 9 heteroatoms. The van der Waals surface area contributed by atoms with Gasteiger partial charge in [0.1, 0.15) is 0 Å². The first-order valence-corrected chi connectivity index (χ1v) is 5.09. The highest BCUT2D eigenvalue weighted by Gasteiger charge is 2.37. The molecule has 0 unspecified atom stereocenters. The molecule has 2 rings (SSSR count). The van der Waals surface area contributed by atoms with Crippen molar-refractivity contribution in [2.24, 2.45) is 5.16 Å². The summed E-state index contributed by atoms with van der Waals surface area (Å²) in [6, 6.07) is 1.94. The lowest BCUT2D eigenvalue weighted by molar-refractivity contribution is -0.137. The smallest absolute Gasteiger partial charge is 0.410 e. The summed E-state index contributed by atoms with van der Waals surface area (Å²) in [6.07, 6.45) is -4.67. The van der Waals surface area contributed by atoms with Crippen LogP contribution in [-0.4, -0.2) is 28.4 Å². The van der Waals surface area contributed by atoms with E-state index in [1.54, 1.807) is 0 Å². The van der Waals surface area contributed by atoms with Crippen molar-refractivity contribution in [2.75, 3.05) is 5.32 Å². The van der Waals surface area contributed by atoms with Crippen LogP contribution < -0.4 is 5.32 Å². The molecule has 1 aromatic carbocycles. The van der Waals surface area contributed by atoms with Crippen LogP contribution in [0, 0.1) is 0 Å². The first-order valence-electron chi connectivity index (χ1n) is 5.09. The number of benzene rings is 1. The number of amides is 1. The predicted molar refractivity (Wildman–Crippen MR) is 58.6 cm³/mol. The number of fused-ring (bicyclic) bond motifs is 1. The summed E-state index contributed by atoms with van der Waals surface area (Å²) in [7, 11) is 0. The van der Waals surface area contributed by atoms with Gasteiger partial charge in [0, 0.05) is 5.56 Å². The molecule has 0 bridgehead atoms. The number of Topliss-reactive ketones (excluding diaryl/α,β-unsaturated/α-hetero) is 2. The van der Waals surface area contributed by atoms with Gasteiger partial charge in [-0.15, -0.1) is 0 Å². The molecular weight excluding hydrogens is 281 g/mol. The maximum absolute atomic E-state index is 12.5. The molecule has 0 saturated carbocycles. The molecule has 1 amide bonds. The molecule has 0 radical (unpaired) electrons. The van der Waals surface area contributed by atoms with Crippen molar-refractivity contribution in [3.05, 3.63) is 29.3 Å². The van der Waals surface area contributed by atoms with Crippen LogP contribution >= 0.6 is 0 Å². The molecule has 1 aromatic rings. The second-order valence-electron chi connectivity index (χ2n) is 3.82. The maximum atomic E-state index is 12.5. The summed E-state index contributed by atoms with van der Waals surface area (Å²) in [5, 5.41) is 12.9. The Bertz CT molecular complexity index is 664. The lowest BCUT2D eigenvalue weighted by atomic mass is 10.0. The molecule has 1 heterocycles. The summed E-state index contributed by atoms with van der Waals surface area (Å²) in [5.41, 5.74) is -2.99. The minimum absolute atomic E-state index is 0.370. The van der Waals surface area contributed by atoms with Crippen LogP contribution in [0.15, 0.2) is 23.4 Å². The molecule has 0 saturated heterocycles. The quantitative estimate of drug-likeness (QED) is 0.426. The van der Waals surface area contributed by atoms with E-state index in [0.29, 0.717) is 12.1 Å². The lowest BCUT2D eigenvalue weighted by Crippen LogP contribution is -2.31. The molecule has 6 nitrogen and oxygen atoms in total. The van der Waals surface area contributed by atoms with Crippen LogP contribution in [0.3, 0.4) is 0 Å². The van der Waals surface area contributed by atoms with Gasteiger partial charge in [-0.1, -0.05) is 5.16 Å². The predicted octanol–water partition coefficient (Wildman–Crippen LogP) is 1.24. The highest BCUT2D eigenvalue weighted by molar-refractivity contribution is 6.83. The third-order valence-electron chi connectivity index (χ3n) is 2.58. The van der Waals surface area contributed by atoms with Gasteiger partial charge in [-0.25, -0.2) is 0 Å². The van der Waals surface area contributed by atoms with Crippen LogP contribution in [0.25, 0.3) is 0 Å². The van der Waals surface area contributed by atoms with E-state index >= 15 is 0 Å². The Morgan fingerprint density at radius 3 is 2.30 bits per heavy atom. The van der Waals surface area contributed by atoms with Crippen LogP contribution in [0.4, 0.5) is 18.9 Å². The third kappa shape index (κ3) is 2.13. The number of ketones is 2. The van der Waals surface area contributed by atoms with E-state index in [1.807, 2.05) is 5.32 Å². The third-order valence-corrected chi connectivity index (χ3v) is 2.58.